The summed E-state index contributed by atoms with van der Waals surface area (Å²) in [5.74, 6) is 2.46. The van der Waals surface area contributed by atoms with E-state index in [4.69, 9.17) is 21.1 Å². The summed E-state index contributed by atoms with van der Waals surface area (Å²) in [6.45, 7) is 4.90. The molecule has 0 radical (unpaired) electrons. The molecule has 21 heavy (non-hydrogen) atoms. The number of methoxy groups -OCH3 is 1. The quantitative estimate of drug-likeness (QED) is 0.688. The molecule has 0 unspecified atom stereocenters. The maximum Gasteiger partial charge on any atom is 0.161 e. The predicted molar refractivity (Wildman–Crippen MR) is 87.4 cm³/mol. The lowest BCUT2D eigenvalue weighted by atomic mass is 10.0. The van der Waals surface area contributed by atoms with Crippen molar-refractivity contribution in [1.29, 1.82) is 0 Å². The van der Waals surface area contributed by atoms with Crippen LogP contribution < -0.4 is 9.47 Å². The minimum Gasteiger partial charge on any atom is -0.493 e. The van der Waals surface area contributed by atoms with Crippen molar-refractivity contribution >= 4 is 11.6 Å². The van der Waals surface area contributed by atoms with Gasteiger partial charge < -0.3 is 9.47 Å². The van der Waals surface area contributed by atoms with Crippen LogP contribution in [0.5, 0.6) is 11.5 Å². The molecule has 0 heterocycles. The molecule has 2 aromatic carbocycles. The zero-order valence-electron chi connectivity index (χ0n) is 12.7. The molecule has 0 aliphatic heterocycles. The molecule has 0 spiro atoms. The number of alkyl halides is 1. The lowest BCUT2D eigenvalue weighted by Crippen LogP contribution is -1.98. The van der Waals surface area contributed by atoms with Gasteiger partial charge in [0.25, 0.3) is 0 Å². The van der Waals surface area contributed by atoms with E-state index in [1.54, 1.807) is 7.11 Å². The van der Waals surface area contributed by atoms with Crippen LogP contribution in [-0.4, -0.2) is 7.11 Å². The first-order valence-electron chi connectivity index (χ1n) is 7.08. The van der Waals surface area contributed by atoms with Gasteiger partial charge in [-0.3, -0.25) is 0 Å². The maximum atomic E-state index is 5.85. The van der Waals surface area contributed by atoms with Gasteiger partial charge in [0.15, 0.2) is 11.5 Å². The van der Waals surface area contributed by atoms with Crippen LogP contribution in [0.25, 0.3) is 0 Å². The van der Waals surface area contributed by atoms with Crippen LogP contribution in [0.2, 0.25) is 0 Å². The van der Waals surface area contributed by atoms with Gasteiger partial charge in [0.05, 0.1) is 7.11 Å². The average Bonchev–Trinajstić information content (AvgIpc) is 2.53. The Labute approximate surface area is 131 Å². The lowest BCUT2D eigenvalue weighted by Gasteiger charge is -2.12. The Morgan fingerprint density at radius 2 is 1.62 bits per heavy atom. The maximum absolute atomic E-state index is 5.85. The second kappa shape index (κ2) is 7.37. The molecule has 0 saturated carbocycles. The third-order valence-corrected chi connectivity index (χ3v) is 3.73. The highest BCUT2D eigenvalue weighted by Gasteiger charge is 2.06. The second-order valence-corrected chi connectivity index (χ2v) is 5.57. The number of hydrogen-bond acceptors (Lipinski definition) is 2. The summed E-state index contributed by atoms with van der Waals surface area (Å²) in [7, 11) is 1.64. The zero-order chi connectivity index (χ0) is 15.2. The topological polar surface area (TPSA) is 18.5 Å². The van der Waals surface area contributed by atoms with Gasteiger partial charge in [-0.2, -0.15) is 0 Å². The number of ether oxygens (including phenoxy) is 2. The highest BCUT2D eigenvalue weighted by atomic mass is 35.5. The van der Waals surface area contributed by atoms with E-state index >= 15 is 0 Å². The number of hydrogen-bond donors (Lipinski definition) is 0. The summed E-state index contributed by atoms with van der Waals surface area (Å²) < 4.78 is 11.2. The summed E-state index contributed by atoms with van der Waals surface area (Å²) in [4.78, 5) is 0. The summed E-state index contributed by atoms with van der Waals surface area (Å²) in [6.07, 6.45) is 0. The fourth-order valence-electron chi connectivity index (χ4n) is 2.07. The molecule has 0 fully saturated rings. The van der Waals surface area contributed by atoms with Crippen LogP contribution in [0.3, 0.4) is 0 Å². The van der Waals surface area contributed by atoms with E-state index in [9.17, 15) is 0 Å². The van der Waals surface area contributed by atoms with Gasteiger partial charge in [-0.1, -0.05) is 44.2 Å². The molecule has 0 N–H and O–H groups in total. The number of halogens is 1. The van der Waals surface area contributed by atoms with E-state index in [2.05, 4.69) is 38.1 Å². The van der Waals surface area contributed by atoms with E-state index in [0.29, 0.717) is 24.2 Å². The summed E-state index contributed by atoms with van der Waals surface area (Å²) >= 11 is 5.83. The zero-order valence-corrected chi connectivity index (χ0v) is 13.5. The average molecular weight is 305 g/mol. The van der Waals surface area contributed by atoms with E-state index in [0.717, 1.165) is 16.9 Å². The molecule has 0 atom stereocenters. The van der Waals surface area contributed by atoms with Crippen LogP contribution >= 0.6 is 11.6 Å². The van der Waals surface area contributed by atoms with E-state index < -0.39 is 0 Å². The SMILES string of the molecule is COc1cc(CCl)ccc1OCc1ccc(C(C)C)cc1. The number of benzene rings is 2. The van der Waals surface area contributed by atoms with Crippen molar-refractivity contribution < 1.29 is 9.47 Å². The van der Waals surface area contributed by atoms with Crippen molar-refractivity contribution in [2.24, 2.45) is 0 Å². The first-order valence-corrected chi connectivity index (χ1v) is 7.62. The number of rotatable bonds is 6. The Kier molecular flexibility index (Phi) is 5.51. The van der Waals surface area contributed by atoms with Crippen molar-refractivity contribution in [2.75, 3.05) is 7.11 Å². The van der Waals surface area contributed by atoms with Crippen LogP contribution in [0.15, 0.2) is 42.5 Å². The smallest absolute Gasteiger partial charge is 0.161 e. The lowest BCUT2D eigenvalue weighted by molar-refractivity contribution is 0.284. The van der Waals surface area contributed by atoms with Crippen LogP contribution in [-0.2, 0) is 12.5 Å². The van der Waals surface area contributed by atoms with Crippen molar-refractivity contribution in [3.63, 3.8) is 0 Å². The molecule has 0 aliphatic rings. The van der Waals surface area contributed by atoms with Crippen molar-refractivity contribution in [1.82, 2.24) is 0 Å². The van der Waals surface area contributed by atoms with Crippen LogP contribution in [0, 0.1) is 0 Å². The summed E-state index contributed by atoms with van der Waals surface area (Å²) in [6, 6.07) is 14.3. The first-order chi connectivity index (χ1) is 10.1. The Hall–Kier alpha value is -1.67. The molecule has 0 bridgehead atoms. The van der Waals surface area contributed by atoms with E-state index in [1.807, 2.05) is 18.2 Å². The van der Waals surface area contributed by atoms with Gasteiger partial charge in [0.1, 0.15) is 6.61 Å². The monoisotopic (exact) mass is 304 g/mol. The second-order valence-electron chi connectivity index (χ2n) is 5.30. The molecule has 2 rings (SSSR count). The van der Waals surface area contributed by atoms with Gasteiger partial charge in [0.2, 0.25) is 0 Å². The van der Waals surface area contributed by atoms with Gasteiger partial charge >= 0.3 is 0 Å². The fraction of sp³-hybridized carbons (Fsp3) is 0.333. The van der Waals surface area contributed by atoms with Crippen molar-refractivity contribution in [3.05, 3.63) is 59.2 Å². The molecular formula is C18H21ClO2. The molecule has 2 aromatic rings. The minimum absolute atomic E-state index is 0.466. The molecule has 0 saturated heterocycles. The first kappa shape index (κ1) is 15.7. The van der Waals surface area contributed by atoms with Crippen molar-refractivity contribution in [3.8, 4) is 11.5 Å². The van der Waals surface area contributed by atoms with Gasteiger partial charge in [-0.05, 0) is 34.7 Å². The Balaban J connectivity index is 2.05. The third-order valence-electron chi connectivity index (χ3n) is 3.42. The van der Waals surface area contributed by atoms with Gasteiger partial charge in [0, 0.05) is 5.88 Å². The van der Waals surface area contributed by atoms with E-state index in [1.165, 1.54) is 5.56 Å². The highest BCUT2D eigenvalue weighted by molar-refractivity contribution is 6.17. The molecule has 2 nitrogen and oxygen atoms in total. The highest BCUT2D eigenvalue weighted by Crippen LogP contribution is 2.29. The van der Waals surface area contributed by atoms with Crippen molar-refractivity contribution in [2.45, 2.75) is 32.3 Å². The minimum atomic E-state index is 0.466. The van der Waals surface area contributed by atoms with Gasteiger partial charge in [-0.25, -0.2) is 0 Å². The van der Waals surface area contributed by atoms with E-state index in [-0.39, 0.29) is 0 Å². The Bertz CT molecular complexity index is 576. The standard InChI is InChI=1S/C18H21ClO2/c1-13(2)16-7-4-14(5-8-16)12-21-17-9-6-15(11-19)10-18(17)20-3/h4-10,13H,11-12H2,1-3H3. The molecule has 112 valence electrons. The van der Waals surface area contributed by atoms with Crippen LogP contribution in [0.1, 0.15) is 36.5 Å². The summed E-state index contributed by atoms with van der Waals surface area (Å²) in [5.41, 5.74) is 3.49. The fourth-order valence-corrected chi connectivity index (χ4v) is 2.24. The molecule has 0 amide bonds. The normalized spacial score (nSPS) is 10.7. The summed E-state index contributed by atoms with van der Waals surface area (Å²) in [5, 5.41) is 0. The largest absolute Gasteiger partial charge is 0.493 e. The molecule has 0 aliphatic carbocycles. The predicted octanol–water partition coefficient (Wildman–Crippen LogP) is 5.14. The Morgan fingerprint density at radius 3 is 2.19 bits per heavy atom. The van der Waals surface area contributed by atoms with Crippen LogP contribution in [0.4, 0.5) is 0 Å². The third kappa shape index (κ3) is 4.15. The molecule has 3 heteroatoms. The van der Waals surface area contributed by atoms with Gasteiger partial charge in [-0.15, -0.1) is 11.6 Å². The Morgan fingerprint density at radius 1 is 0.952 bits per heavy atom. The molecule has 0 aromatic heterocycles. The molecular weight excluding hydrogens is 284 g/mol.